The van der Waals surface area contributed by atoms with E-state index in [-0.39, 0.29) is 5.92 Å². The molecule has 5 nitrogen and oxygen atoms in total. The van der Waals surface area contributed by atoms with Gasteiger partial charge in [-0.2, -0.15) is 0 Å². The lowest BCUT2D eigenvalue weighted by molar-refractivity contribution is -0.136. The molecule has 104 valence electrons. The average Bonchev–Trinajstić information content (AvgIpc) is 3.11. The van der Waals surface area contributed by atoms with E-state index >= 15 is 0 Å². The summed E-state index contributed by atoms with van der Waals surface area (Å²) in [5, 5.41) is 0. The molecule has 5 heteroatoms. The van der Waals surface area contributed by atoms with E-state index in [0.717, 1.165) is 51.4 Å². The summed E-state index contributed by atoms with van der Waals surface area (Å²) in [6.45, 7) is 4.72. The summed E-state index contributed by atoms with van der Waals surface area (Å²) in [4.78, 5) is 24.2. The number of hydrogen-bond donors (Lipinski definition) is 1. The maximum absolute atomic E-state index is 12.4. The van der Waals surface area contributed by atoms with E-state index in [0.29, 0.717) is 5.91 Å². The first-order valence-corrected chi connectivity index (χ1v) is 7.32. The molecule has 19 heavy (non-hydrogen) atoms. The molecular formula is C14H22N4O. The smallest absolute Gasteiger partial charge is 0.226 e. The number of piperidine rings is 1. The van der Waals surface area contributed by atoms with E-state index in [9.17, 15) is 4.79 Å². The molecule has 0 aliphatic carbocycles. The fourth-order valence-electron chi connectivity index (χ4n) is 3.19. The summed E-state index contributed by atoms with van der Waals surface area (Å²) >= 11 is 0. The molecule has 3 heterocycles. The highest BCUT2D eigenvalue weighted by Crippen LogP contribution is 2.22. The van der Waals surface area contributed by atoms with Crippen molar-refractivity contribution in [1.29, 1.82) is 0 Å². The Morgan fingerprint density at radius 2 is 2.16 bits per heavy atom. The molecule has 2 aliphatic rings. The van der Waals surface area contributed by atoms with Gasteiger partial charge in [-0.1, -0.05) is 0 Å². The van der Waals surface area contributed by atoms with Crippen LogP contribution < -0.4 is 0 Å². The van der Waals surface area contributed by atoms with Crippen molar-refractivity contribution in [2.45, 2.75) is 32.2 Å². The van der Waals surface area contributed by atoms with Gasteiger partial charge in [0.05, 0.1) is 12.5 Å². The van der Waals surface area contributed by atoms with Crippen molar-refractivity contribution in [3.8, 4) is 0 Å². The molecule has 1 aromatic rings. The summed E-state index contributed by atoms with van der Waals surface area (Å²) in [5.41, 5.74) is 0. The lowest BCUT2D eigenvalue weighted by Crippen LogP contribution is -2.43. The Kier molecular flexibility index (Phi) is 3.82. The van der Waals surface area contributed by atoms with Gasteiger partial charge >= 0.3 is 0 Å². The second-order valence-corrected chi connectivity index (χ2v) is 5.64. The Morgan fingerprint density at radius 3 is 2.89 bits per heavy atom. The number of carbonyl (C=O) groups is 1. The Bertz CT molecular complexity index is 411. The minimum atomic E-state index is 0.196. The fourth-order valence-corrected chi connectivity index (χ4v) is 3.19. The normalized spacial score (nSPS) is 24.8. The van der Waals surface area contributed by atoms with Crippen LogP contribution in [0.25, 0.3) is 0 Å². The van der Waals surface area contributed by atoms with Crippen molar-refractivity contribution >= 4 is 5.91 Å². The number of nitrogens with one attached hydrogen (secondary N) is 1. The standard InChI is InChI=1S/C14H22N4O/c19-14(18-8-1-2-9-18)12-4-3-7-17(10-12)11-13-15-5-6-16-13/h5-6,12H,1-4,7-11H2,(H,15,16). The number of rotatable bonds is 3. The minimum absolute atomic E-state index is 0.196. The zero-order valence-corrected chi connectivity index (χ0v) is 11.3. The molecule has 0 radical (unpaired) electrons. The average molecular weight is 262 g/mol. The molecule has 3 rings (SSSR count). The predicted molar refractivity (Wildman–Crippen MR) is 72.4 cm³/mol. The van der Waals surface area contributed by atoms with Crippen molar-refractivity contribution in [3.05, 3.63) is 18.2 Å². The molecule has 1 atom stereocenters. The lowest BCUT2D eigenvalue weighted by Gasteiger charge is -2.33. The van der Waals surface area contributed by atoms with Crippen LogP contribution in [0.2, 0.25) is 0 Å². The van der Waals surface area contributed by atoms with Crippen molar-refractivity contribution in [2.24, 2.45) is 5.92 Å². The van der Waals surface area contributed by atoms with E-state index in [2.05, 4.69) is 19.8 Å². The Labute approximate surface area is 114 Å². The predicted octanol–water partition coefficient (Wildman–Crippen LogP) is 1.24. The molecule has 1 unspecified atom stereocenters. The number of nitrogens with zero attached hydrogens (tertiary/aromatic N) is 3. The van der Waals surface area contributed by atoms with Crippen molar-refractivity contribution in [1.82, 2.24) is 19.8 Å². The van der Waals surface area contributed by atoms with Gasteiger partial charge in [0.25, 0.3) is 0 Å². The van der Waals surface area contributed by atoms with Gasteiger partial charge in [-0.15, -0.1) is 0 Å². The van der Waals surface area contributed by atoms with Gasteiger partial charge in [-0.3, -0.25) is 9.69 Å². The van der Waals surface area contributed by atoms with E-state index in [1.54, 1.807) is 6.20 Å². The molecule has 1 amide bonds. The quantitative estimate of drug-likeness (QED) is 0.892. The molecule has 0 aromatic carbocycles. The summed E-state index contributed by atoms with van der Waals surface area (Å²) in [6.07, 6.45) is 8.15. The SMILES string of the molecule is O=C(C1CCCN(Cc2ncc[nH]2)C1)N1CCCC1. The first kappa shape index (κ1) is 12.7. The van der Waals surface area contributed by atoms with Crippen LogP contribution in [0.3, 0.4) is 0 Å². The molecule has 2 aliphatic heterocycles. The maximum Gasteiger partial charge on any atom is 0.226 e. The number of aromatic nitrogens is 2. The third-order valence-corrected chi connectivity index (χ3v) is 4.20. The molecule has 0 saturated carbocycles. The minimum Gasteiger partial charge on any atom is -0.348 e. The van der Waals surface area contributed by atoms with Crippen LogP contribution in [0.4, 0.5) is 0 Å². The Balaban J connectivity index is 1.56. The third-order valence-electron chi connectivity index (χ3n) is 4.20. The Hall–Kier alpha value is -1.36. The van der Waals surface area contributed by atoms with E-state index in [1.807, 2.05) is 6.20 Å². The summed E-state index contributed by atoms with van der Waals surface area (Å²) < 4.78 is 0. The molecular weight excluding hydrogens is 240 g/mol. The lowest BCUT2D eigenvalue weighted by atomic mass is 9.96. The van der Waals surface area contributed by atoms with Crippen molar-refractivity contribution < 1.29 is 4.79 Å². The summed E-state index contributed by atoms with van der Waals surface area (Å²) in [6, 6.07) is 0. The van der Waals surface area contributed by atoms with Crippen molar-refractivity contribution in [2.75, 3.05) is 26.2 Å². The second kappa shape index (κ2) is 5.74. The number of carbonyl (C=O) groups excluding carboxylic acids is 1. The number of hydrogen-bond acceptors (Lipinski definition) is 3. The topological polar surface area (TPSA) is 52.2 Å². The highest BCUT2D eigenvalue weighted by atomic mass is 16.2. The van der Waals surface area contributed by atoms with Gasteiger partial charge in [-0.05, 0) is 32.2 Å². The van der Waals surface area contributed by atoms with Crippen LogP contribution in [0.15, 0.2) is 12.4 Å². The van der Waals surface area contributed by atoms with Crippen LogP contribution in [0.1, 0.15) is 31.5 Å². The largest absolute Gasteiger partial charge is 0.348 e. The molecule has 0 bridgehead atoms. The van der Waals surface area contributed by atoms with Gasteiger partial charge in [-0.25, -0.2) is 4.98 Å². The molecule has 1 N–H and O–H groups in total. The van der Waals surface area contributed by atoms with E-state index in [1.165, 1.54) is 12.8 Å². The Morgan fingerprint density at radius 1 is 1.32 bits per heavy atom. The first-order valence-electron chi connectivity index (χ1n) is 7.32. The zero-order valence-electron chi connectivity index (χ0n) is 11.3. The number of H-pyrrole nitrogens is 1. The van der Waals surface area contributed by atoms with Crippen LogP contribution in [0, 0.1) is 5.92 Å². The third kappa shape index (κ3) is 2.97. The monoisotopic (exact) mass is 262 g/mol. The summed E-state index contributed by atoms with van der Waals surface area (Å²) in [7, 11) is 0. The van der Waals surface area contributed by atoms with Crippen LogP contribution in [-0.4, -0.2) is 51.9 Å². The fraction of sp³-hybridized carbons (Fsp3) is 0.714. The van der Waals surface area contributed by atoms with Gasteiger partial charge in [0, 0.05) is 32.0 Å². The second-order valence-electron chi connectivity index (χ2n) is 5.64. The molecule has 2 fully saturated rings. The van der Waals surface area contributed by atoms with Crippen molar-refractivity contribution in [3.63, 3.8) is 0 Å². The van der Waals surface area contributed by atoms with Crippen LogP contribution in [0.5, 0.6) is 0 Å². The van der Waals surface area contributed by atoms with Gasteiger partial charge in [0.2, 0.25) is 5.91 Å². The van der Waals surface area contributed by atoms with E-state index < -0.39 is 0 Å². The maximum atomic E-state index is 12.4. The highest BCUT2D eigenvalue weighted by molar-refractivity contribution is 5.79. The van der Waals surface area contributed by atoms with Gasteiger partial charge in [0.15, 0.2) is 0 Å². The van der Waals surface area contributed by atoms with Gasteiger partial charge < -0.3 is 9.88 Å². The molecule has 2 saturated heterocycles. The summed E-state index contributed by atoms with van der Waals surface area (Å²) in [5.74, 6) is 1.57. The molecule has 1 aromatic heterocycles. The van der Waals surface area contributed by atoms with Crippen LogP contribution in [-0.2, 0) is 11.3 Å². The number of aromatic amines is 1. The van der Waals surface area contributed by atoms with Crippen LogP contribution >= 0.6 is 0 Å². The molecule has 0 spiro atoms. The van der Waals surface area contributed by atoms with Gasteiger partial charge in [0.1, 0.15) is 5.82 Å². The first-order chi connectivity index (χ1) is 9.33. The number of likely N-dealkylation sites (tertiary alicyclic amines) is 2. The number of imidazole rings is 1. The van der Waals surface area contributed by atoms with E-state index in [4.69, 9.17) is 0 Å². The highest BCUT2D eigenvalue weighted by Gasteiger charge is 2.30. The number of amides is 1. The zero-order chi connectivity index (χ0) is 13.1.